The van der Waals surface area contributed by atoms with Crippen LogP contribution in [0.2, 0.25) is 10.0 Å². The molecule has 9 nitrogen and oxygen atoms in total. The molecule has 2 aromatic rings. The molecule has 0 saturated heterocycles. The molecular formula is C17H10Br2Cl2N2O7. The number of hydrogen-bond donors (Lipinski definition) is 0. The van der Waals surface area contributed by atoms with E-state index in [4.69, 9.17) is 23.2 Å². The topological polar surface area (TPSA) is 130 Å². The lowest BCUT2D eigenvalue weighted by atomic mass is 10.1. The molecule has 0 N–H and O–H groups in total. The van der Waals surface area contributed by atoms with Crippen molar-refractivity contribution >= 4 is 84.8 Å². The number of nitro benzene ring substituents is 2. The summed E-state index contributed by atoms with van der Waals surface area (Å²) in [5, 5.41) is 21.6. The molecule has 0 heterocycles. The maximum atomic E-state index is 10.9. The monoisotopic (exact) mass is 582 g/mol. The Hall–Kier alpha value is -2.34. The van der Waals surface area contributed by atoms with E-state index in [1.54, 1.807) is 0 Å². The first-order chi connectivity index (χ1) is 14.0. The Bertz CT molecular complexity index is 1050. The summed E-state index contributed by atoms with van der Waals surface area (Å²) in [5.41, 5.74) is -0.209. The van der Waals surface area contributed by atoms with Gasteiger partial charge in [0.15, 0.2) is 6.29 Å². The van der Waals surface area contributed by atoms with E-state index in [9.17, 15) is 29.8 Å². The molecule has 0 aliphatic carbocycles. The molecule has 0 fully saturated rings. The van der Waals surface area contributed by atoms with E-state index in [1.165, 1.54) is 31.4 Å². The Kier molecular flexibility index (Phi) is 10.1. The van der Waals surface area contributed by atoms with Crippen molar-refractivity contribution < 1.29 is 24.2 Å². The highest BCUT2D eigenvalue weighted by Crippen LogP contribution is 2.31. The normalized spacial score (nSPS) is 10.2. The van der Waals surface area contributed by atoms with Crippen molar-refractivity contribution in [2.75, 3.05) is 7.11 Å². The minimum absolute atomic E-state index is 0.00118. The summed E-state index contributed by atoms with van der Waals surface area (Å²) in [6.45, 7) is 0. The van der Waals surface area contributed by atoms with Crippen molar-refractivity contribution in [2.45, 2.75) is 0 Å². The van der Waals surface area contributed by atoms with Crippen molar-refractivity contribution in [3.63, 3.8) is 0 Å². The number of rotatable bonds is 5. The third-order valence-corrected chi connectivity index (χ3v) is 5.65. The highest BCUT2D eigenvalue weighted by atomic mass is 79.9. The fourth-order valence-corrected chi connectivity index (χ4v) is 2.91. The van der Waals surface area contributed by atoms with E-state index in [-0.39, 0.29) is 32.5 Å². The molecule has 0 unspecified atom stereocenters. The third-order valence-electron chi connectivity index (χ3n) is 3.26. The van der Waals surface area contributed by atoms with Crippen LogP contribution < -0.4 is 0 Å². The highest BCUT2D eigenvalue weighted by Gasteiger charge is 2.16. The second-order valence-electron chi connectivity index (χ2n) is 5.14. The summed E-state index contributed by atoms with van der Waals surface area (Å²) in [4.78, 5) is 41.3. The second-order valence-corrected chi connectivity index (χ2v) is 7.66. The van der Waals surface area contributed by atoms with Crippen LogP contribution in [0.4, 0.5) is 11.4 Å². The number of aldehydes is 1. The molecule has 0 aromatic heterocycles. The Balaban J connectivity index is 0.000000311. The number of carbonyl (C=O) groups is 2. The van der Waals surface area contributed by atoms with Crippen LogP contribution in [0.25, 0.3) is 6.08 Å². The predicted molar refractivity (Wildman–Crippen MR) is 118 cm³/mol. The number of methoxy groups -OCH3 is 1. The van der Waals surface area contributed by atoms with Gasteiger partial charge < -0.3 is 4.74 Å². The van der Waals surface area contributed by atoms with Gasteiger partial charge in [0.05, 0.1) is 38.1 Å². The van der Waals surface area contributed by atoms with E-state index < -0.39 is 15.8 Å². The molecular weight excluding hydrogens is 575 g/mol. The number of benzene rings is 2. The van der Waals surface area contributed by atoms with E-state index in [0.29, 0.717) is 15.2 Å². The van der Waals surface area contributed by atoms with Crippen LogP contribution in [0.3, 0.4) is 0 Å². The van der Waals surface area contributed by atoms with Gasteiger partial charge in [0, 0.05) is 27.2 Å². The largest absolute Gasteiger partial charge is 0.466 e. The van der Waals surface area contributed by atoms with Gasteiger partial charge in [-0.25, -0.2) is 4.79 Å². The Morgan fingerprint density at radius 3 is 1.80 bits per heavy atom. The average molecular weight is 585 g/mol. The van der Waals surface area contributed by atoms with Crippen molar-refractivity contribution in [1.82, 2.24) is 0 Å². The Morgan fingerprint density at radius 1 is 0.967 bits per heavy atom. The molecule has 0 radical (unpaired) electrons. The smallest absolute Gasteiger partial charge is 0.330 e. The van der Waals surface area contributed by atoms with Gasteiger partial charge in [0.25, 0.3) is 11.4 Å². The highest BCUT2D eigenvalue weighted by molar-refractivity contribution is 9.10. The lowest BCUT2D eigenvalue weighted by Crippen LogP contribution is -1.95. The summed E-state index contributed by atoms with van der Waals surface area (Å²) in [7, 11) is 1.22. The molecule has 30 heavy (non-hydrogen) atoms. The van der Waals surface area contributed by atoms with E-state index in [0.717, 1.165) is 12.1 Å². The van der Waals surface area contributed by atoms with E-state index in [2.05, 4.69) is 36.6 Å². The zero-order valence-corrected chi connectivity index (χ0v) is 19.5. The molecule has 0 atom stereocenters. The number of nitrogens with zero attached hydrogens (tertiary/aromatic N) is 2. The first-order valence-electron chi connectivity index (χ1n) is 7.49. The number of ether oxygens (including phenoxy) is 1. The van der Waals surface area contributed by atoms with Gasteiger partial charge in [0.1, 0.15) is 0 Å². The van der Waals surface area contributed by atoms with Gasteiger partial charge in [-0.1, -0.05) is 23.2 Å². The molecule has 0 aliphatic rings. The summed E-state index contributed by atoms with van der Waals surface area (Å²) in [6, 6.07) is 5.12. The van der Waals surface area contributed by atoms with Crippen LogP contribution in [0, 0.1) is 20.2 Å². The lowest BCUT2D eigenvalue weighted by Gasteiger charge is -2.01. The molecule has 0 aliphatic heterocycles. The van der Waals surface area contributed by atoms with E-state index in [1.807, 2.05) is 0 Å². The quantitative estimate of drug-likeness (QED) is 0.138. The molecule has 0 saturated carbocycles. The number of esters is 1. The van der Waals surface area contributed by atoms with Crippen LogP contribution in [-0.2, 0) is 9.53 Å². The van der Waals surface area contributed by atoms with E-state index >= 15 is 0 Å². The zero-order valence-electron chi connectivity index (χ0n) is 14.8. The van der Waals surface area contributed by atoms with Crippen LogP contribution in [0.5, 0.6) is 0 Å². The number of carbonyl (C=O) groups excluding carboxylic acids is 2. The van der Waals surface area contributed by atoms with Crippen LogP contribution in [0.1, 0.15) is 15.9 Å². The standard InChI is InChI=1S/C10H7BrClNO4.C7H3BrClNO3/c1-17-10(14)3-2-6-4-7(11)8(12)5-9(6)13(15)16;8-5-1-4(3-11)7(10(12)13)2-6(5)9/h2-5H,1H3;1-3H/b3-2+;. The lowest BCUT2D eigenvalue weighted by molar-refractivity contribution is -0.385. The van der Waals surface area contributed by atoms with Gasteiger partial charge in [-0.15, -0.1) is 0 Å². The van der Waals surface area contributed by atoms with Crippen molar-refractivity contribution in [1.29, 1.82) is 0 Å². The maximum Gasteiger partial charge on any atom is 0.330 e. The van der Waals surface area contributed by atoms with Crippen LogP contribution in [-0.4, -0.2) is 29.2 Å². The average Bonchev–Trinajstić information content (AvgIpc) is 2.69. The summed E-state index contributed by atoms with van der Waals surface area (Å²) in [6.07, 6.45) is 2.81. The van der Waals surface area contributed by atoms with Gasteiger partial charge >= 0.3 is 5.97 Å². The molecule has 0 amide bonds. The van der Waals surface area contributed by atoms with Crippen LogP contribution >= 0.6 is 55.1 Å². The number of halogens is 4. The van der Waals surface area contributed by atoms with Crippen LogP contribution in [0.15, 0.2) is 39.3 Å². The number of hydrogen-bond acceptors (Lipinski definition) is 7. The van der Waals surface area contributed by atoms with Gasteiger partial charge in [-0.3, -0.25) is 25.0 Å². The first-order valence-corrected chi connectivity index (χ1v) is 9.84. The Labute approximate surface area is 196 Å². The molecule has 2 aromatic carbocycles. The van der Waals surface area contributed by atoms with Gasteiger partial charge in [-0.05, 0) is 50.1 Å². The summed E-state index contributed by atoms with van der Waals surface area (Å²) < 4.78 is 5.36. The zero-order chi connectivity index (χ0) is 23.0. The molecule has 0 bridgehead atoms. The van der Waals surface area contributed by atoms with Gasteiger partial charge in [-0.2, -0.15) is 0 Å². The third kappa shape index (κ3) is 7.17. The number of nitro groups is 2. The second kappa shape index (κ2) is 11.7. The maximum absolute atomic E-state index is 10.9. The first kappa shape index (κ1) is 25.7. The van der Waals surface area contributed by atoms with Gasteiger partial charge in [0.2, 0.25) is 0 Å². The predicted octanol–water partition coefficient (Wildman–Crippen LogP) is 6.02. The van der Waals surface area contributed by atoms with Crippen molar-refractivity contribution in [2.24, 2.45) is 0 Å². The molecule has 0 spiro atoms. The fourth-order valence-electron chi connectivity index (χ4n) is 1.87. The summed E-state index contributed by atoms with van der Waals surface area (Å²) >= 11 is 17.6. The fraction of sp³-hybridized carbons (Fsp3) is 0.0588. The van der Waals surface area contributed by atoms with Crippen molar-refractivity contribution in [3.8, 4) is 0 Å². The minimum Gasteiger partial charge on any atom is -0.466 e. The molecule has 2 rings (SSSR count). The SMILES string of the molecule is COC(=O)/C=C/c1cc(Br)c(Cl)cc1[N+](=O)[O-].O=Cc1cc(Br)c(Cl)cc1[N+](=O)[O-]. The van der Waals surface area contributed by atoms with Crippen molar-refractivity contribution in [3.05, 3.63) is 80.7 Å². The molecule has 13 heteroatoms. The summed E-state index contributed by atoms with van der Waals surface area (Å²) in [5.74, 6) is -0.592. The minimum atomic E-state index is -0.651. The molecule has 158 valence electrons. The Morgan fingerprint density at radius 2 is 1.40 bits per heavy atom.